The summed E-state index contributed by atoms with van der Waals surface area (Å²) >= 11 is 0. The Morgan fingerprint density at radius 2 is 2.00 bits per heavy atom. The van der Waals surface area contributed by atoms with Crippen LogP contribution in [-0.4, -0.2) is 0 Å². The minimum absolute atomic E-state index is 0.849. The van der Waals surface area contributed by atoms with Gasteiger partial charge in [-0.15, -0.1) is 0 Å². The van der Waals surface area contributed by atoms with Gasteiger partial charge >= 0.3 is 0 Å². The Morgan fingerprint density at radius 1 is 1.21 bits per heavy atom. The third-order valence-electron chi connectivity index (χ3n) is 5.98. The van der Waals surface area contributed by atoms with Crippen LogP contribution in [0, 0.1) is 28.6 Å². The summed E-state index contributed by atoms with van der Waals surface area (Å²) in [4.78, 5) is 0. The SMILES string of the molecule is CCC1C23CCCCCC2C13C(C)C. The molecule has 0 bridgehead atoms. The molecule has 0 radical (unpaired) electrons. The van der Waals surface area contributed by atoms with Gasteiger partial charge in [0.25, 0.3) is 0 Å². The molecule has 0 aromatic carbocycles. The molecule has 0 aliphatic heterocycles. The molecule has 0 amide bonds. The van der Waals surface area contributed by atoms with Crippen LogP contribution in [0.1, 0.15) is 59.3 Å². The van der Waals surface area contributed by atoms with Crippen molar-refractivity contribution >= 4 is 0 Å². The van der Waals surface area contributed by atoms with E-state index in [9.17, 15) is 0 Å². The van der Waals surface area contributed by atoms with Gasteiger partial charge < -0.3 is 0 Å². The highest BCUT2D eigenvalue weighted by molar-refractivity contribution is 5.41. The van der Waals surface area contributed by atoms with Crippen LogP contribution >= 0.6 is 0 Å². The van der Waals surface area contributed by atoms with Crippen molar-refractivity contribution in [3.63, 3.8) is 0 Å². The summed E-state index contributed by atoms with van der Waals surface area (Å²) in [5.41, 5.74) is 1.73. The highest BCUT2D eigenvalue weighted by atomic mass is 15.0. The Kier molecular flexibility index (Phi) is 1.70. The molecule has 0 saturated heterocycles. The molecule has 3 rings (SSSR count). The molecule has 1 spiro atoms. The van der Waals surface area contributed by atoms with E-state index in [0.29, 0.717) is 0 Å². The van der Waals surface area contributed by atoms with E-state index < -0.39 is 0 Å². The normalized spacial score (nSPS) is 54.9. The molecule has 14 heavy (non-hydrogen) atoms. The van der Waals surface area contributed by atoms with Gasteiger partial charge in [0, 0.05) is 0 Å². The van der Waals surface area contributed by atoms with Crippen LogP contribution in [0.25, 0.3) is 0 Å². The second-order valence-corrected chi connectivity index (χ2v) is 6.24. The number of rotatable bonds is 2. The Labute approximate surface area is 88.5 Å². The van der Waals surface area contributed by atoms with Gasteiger partial charge in [-0.05, 0) is 41.4 Å². The molecule has 3 fully saturated rings. The van der Waals surface area contributed by atoms with Crippen LogP contribution in [0.4, 0.5) is 0 Å². The Bertz CT molecular complexity index is 255. The predicted octanol–water partition coefficient (Wildman–Crippen LogP) is 4.25. The van der Waals surface area contributed by atoms with E-state index >= 15 is 0 Å². The number of fused-ring (bicyclic) bond motifs is 1. The quantitative estimate of drug-likeness (QED) is 0.613. The summed E-state index contributed by atoms with van der Waals surface area (Å²) in [7, 11) is 0. The molecule has 3 aliphatic carbocycles. The van der Waals surface area contributed by atoms with Crippen LogP contribution < -0.4 is 0 Å². The van der Waals surface area contributed by atoms with E-state index in [0.717, 1.165) is 28.6 Å². The van der Waals surface area contributed by atoms with E-state index in [-0.39, 0.29) is 0 Å². The van der Waals surface area contributed by atoms with Crippen molar-refractivity contribution in [3.8, 4) is 0 Å². The van der Waals surface area contributed by atoms with Crippen LogP contribution in [0.3, 0.4) is 0 Å². The standard InChI is InChI=1S/C14H24/c1-4-11-13-9-7-5-6-8-12(13)14(11,13)10(2)3/h10-12H,4-9H2,1-3H3. The molecule has 80 valence electrons. The lowest BCUT2D eigenvalue weighted by Gasteiger charge is -2.22. The van der Waals surface area contributed by atoms with Crippen molar-refractivity contribution in [1.82, 2.24) is 0 Å². The summed E-state index contributed by atoms with van der Waals surface area (Å²) in [6.45, 7) is 7.37. The molecule has 0 aromatic rings. The molecule has 0 heterocycles. The molecule has 0 aromatic heterocycles. The van der Waals surface area contributed by atoms with Crippen molar-refractivity contribution < 1.29 is 0 Å². The van der Waals surface area contributed by atoms with Crippen molar-refractivity contribution in [2.75, 3.05) is 0 Å². The predicted molar refractivity (Wildman–Crippen MR) is 60.1 cm³/mol. The number of hydrogen-bond donors (Lipinski definition) is 0. The van der Waals surface area contributed by atoms with Gasteiger partial charge in [-0.25, -0.2) is 0 Å². The third-order valence-corrected chi connectivity index (χ3v) is 5.98. The van der Waals surface area contributed by atoms with Gasteiger partial charge in [-0.1, -0.05) is 46.5 Å². The lowest BCUT2D eigenvalue weighted by Crippen LogP contribution is -2.16. The van der Waals surface area contributed by atoms with Gasteiger partial charge in [0.15, 0.2) is 0 Å². The van der Waals surface area contributed by atoms with E-state index in [2.05, 4.69) is 20.8 Å². The fourth-order valence-corrected chi connectivity index (χ4v) is 5.83. The zero-order chi connectivity index (χ0) is 9.97. The summed E-state index contributed by atoms with van der Waals surface area (Å²) in [6, 6.07) is 0. The summed E-state index contributed by atoms with van der Waals surface area (Å²) in [6.07, 6.45) is 9.17. The van der Waals surface area contributed by atoms with Crippen molar-refractivity contribution in [1.29, 1.82) is 0 Å². The maximum absolute atomic E-state index is 2.48. The maximum atomic E-state index is 2.48. The molecule has 4 atom stereocenters. The van der Waals surface area contributed by atoms with E-state index in [4.69, 9.17) is 0 Å². The van der Waals surface area contributed by atoms with Gasteiger partial charge in [0.2, 0.25) is 0 Å². The third kappa shape index (κ3) is 0.686. The minimum atomic E-state index is 0.849. The van der Waals surface area contributed by atoms with Crippen LogP contribution in [-0.2, 0) is 0 Å². The Hall–Kier alpha value is 0. The monoisotopic (exact) mass is 192 g/mol. The molecule has 0 heteroatoms. The first kappa shape index (κ1) is 9.24. The summed E-state index contributed by atoms with van der Waals surface area (Å²) in [5, 5.41) is 0. The Balaban J connectivity index is 1.87. The van der Waals surface area contributed by atoms with Gasteiger partial charge in [0.1, 0.15) is 0 Å². The molecule has 0 nitrogen and oxygen atoms in total. The zero-order valence-corrected chi connectivity index (χ0v) is 9.97. The fraction of sp³-hybridized carbons (Fsp3) is 1.00. The average Bonchev–Trinajstić information content (AvgIpc) is 2.92. The highest BCUT2D eigenvalue weighted by Crippen LogP contribution is 2.99. The average molecular weight is 192 g/mol. The first-order valence-corrected chi connectivity index (χ1v) is 6.73. The topological polar surface area (TPSA) is 0 Å². The zero-order valence-electron chi connectivity index (χ0n) is 9.97. The maximum Gasteiger partial charge on any atom is -0.0145 e. The van der Waals surface area contributed by atoms with Crippen LogP contribution in [0.5, 0.6) is 0 Å². The largest absolute Gasteiger partial charge is 0.0651 e. The summed E-state index contributed by atoms with van der Waals surface area (Å²) < 4.78 is 0. The highest BCUT2D eigenvalue weighted by Gasteiger charge is 2.95. The van der Waals surface area contributed by atoms with E-state index in [1.54, 1.807) is 12.8 Å². The molecular formula is C14H24. The molecule has 0 N–H and O–H groups in total. The smallest absolute Gasteiger partial charge is 0.0145 e. The van der Waals surface area contributed by atoms with Gasteiger partial charge in [0.05, 0.1) is 0 Å². The van der Waals surface area contributed by atoms with Gasteiger partial charge in [-0.3, -0.25) is 0 Å². The molecule has 3 aliphatic rings. The minimum Gasteiger partial charge on any atom is -0.0651 e. The fourth-order valence-electron chi connectivity index (χ4n) is 5.83. The van der Waals surface area contributed by atoms with Crippen molar-refractivity contribution in [3.05, 3.63) is 0 Å². The van der Waals surface area contributed by atoms with Crippen LogP contribution in [0.2, 0.25) is 0 Å². The van der Waals surface area contributed by atoms with Crippen molar-refractivity contribution in [2.45, 2.75) is 59.3 Å². The van der Waals surface area contributed by atoms with E-state index in [1.165, 1.54) is 25.7 Å². The van der Waals surface area contributed by atoms with Gasteiger partial charge in [-0.2, -0.15) is 0 Å². The molecular weight excluding hydrogens is 168 g/mol. The first-order chi connectivity index (χ1) is 6.73. The Morgan fingerprint density at radius 3 is 2.64 bits per heavy atom. The second-order valence-electron chi connectivity index (χ2n) is 6.24. The lowest BCUT2D eigenvalue weighted by atomic mass is 9.82. The van der Waals surface area contributed by atoms with Crippen molar-refractivity contribution in [2.24, 2.45) is 28.6 Å². The summed E-state index contributed by atoms with van der Waals surface area (Å²) in [5.74, 6) is 3.23. The number of hydrogen-bond acceptors (Lipinski definition) is 0. The van der Waals surface area contributed by atoms with E-state index in [1.807, 2.05) is 0 Å². The first-order valence-electron chi connectivity index (χ1n) is 6.73. The second kappa shape index (κ2) is 2.57. The lowest BCUT2D eigenvalue weighted by molar-refractivity contribution is 0.261. The molecule has 4 unspecified atom stereocenters. The van der Waals surface area contributed by atoms with Crippen LogP contribution in [0.15, 0.2) is 0 Å². The molecule has 3 saturated carbocycles.